The van der Waals surface area contributed by atoms with Gasteiger partial charge in [0.2, 0.25) is 0 Å². The fourth-order valence-corrected chi connectivity index (χ4v) is 2.39. The largest absolute Gasteiger partial charge is 0.308 e. The summed E-state index contributed by atoms with van der Waals surface area (Å²) >= 11 is 3.58. The number of halogens is 1. The summed E-state index contributed by atoms with van der Waals surface area (Å²) in [5, 5.41) is 8.11. The Balaban J connectivity index is 2.09. The second-order valence-corrected chi connectivity index (χ2v) is 6.99. The Kier molecular flexibility index (Phi) is 4.66. The molecule has 2 rings (SSSR count). The fraction of sp³-hybridized carbons (Fsp3) is 0.438. The highest BCUT2D eigenvalue weighted by Gasteiger charge is 2.11. The maximum absolute atomic E-state index is 4.60. The van der Waals surface area contributed by atoms with E-state index in [4.69, 9.17) is 0 Å². The third-order valence-corrected chi connectivity index (χ3v) is 3.92. The van der Waals surface area contributed by atoms with Crippen molar-refractivity contribution in [3.05, 3.63) is 51.8 Å². The quantitative estimate of drug-likeness (QED) is 0.918. The van der Waals surface area contributed by atoms with Crippen LogP contribution in [0.5, 0.6) is 0 Å². The van der Waals surface area contributed by atoms with E-state index >= 15 is 0 Å². The molecule has 1 N–H and O–H groups in total. The second-order valence-electron chi connectivity index (χ2n) is 6.13. The summed E-state index contributed by atoms with van der Waals surface area (Å²) in [4.78, 5) is 0. The monoisotopic (exact) mass is 335 g/mol. The van der Waals surface area contributed by atoms with E-state index in [1.807, 2.05) is 10.7 Å². The van der Waals surface area contributed by atoms with Crippen molar-refractivity contribution in [2.75, 3.05) is 0 Å². The second kappa shape index (κ2) is 6.10. The van der Waals surface area contributed by atoms with E-state index in [2.05, 4.69) is 78.4 Å². The first kappa shape index (κ1) is 15.3. The van der Waals surface area contributed by atoms with Crippen LogP contribution in [-0.4, -0.2) is 15.3 Å². The summed E-state index contributed by atoms with van der Waals surface area (Å²) < 4.78 is 3.14. The smallest absolute Gasteiger partial charge is 0.0670 e. The molecule has 1 heterocycles. The van der Waals surface area contributed by atoms with Crippen LogP contribution in [-0.2, 0) is 13.1 Å². The molecule has 0 fully saturated rings. The zero-order valence-corrected chi connectivity index (χ0v) is 14.2. The molecule has 0 unspecified atom stereocenters. The summed E-state index contributed by atoms with van der Waals surface area (Å²) in [5.74, 6) is 0. The van der Waals surface area contributed by atoms with Crippen molar-refractivity contribution in [1.82, 2.24) is 15.1 Å². The van der Waals surface area contributed by atoms with Crippen LogP contribution < -0.4 is 5.32 Å². The zero-order chi connectivity index (χ0) is 14.8. The minimum absolute atomic E-state index is 0.122. The Hall–Kier alpha value is -1.13. The Bertz CT molecular complexity index is 582. The molecule has 108 valence electrons. The summed E-state index contributed by atoms with van der Waals surface area (Å²) in [6.45, 7) is 10.2. The first-order valence-corrected chi connectivity index (χ1v) is 7.66. The Labute approximate surface area is 129 Å². The van der Waals surface area contributed by atoms with Gasteiger partial charge in [0.05, 0.1) is 12.2 Å². The highest BCUT2D eigenvalue weighted by atomic mass is 79.9. The van der Waals surface area contributed by atoms with Gasteiger partial charge in [-0.2, -0.15) is 5.10 Å². The van der Waals surface area contributed by atoms with Gasteiger partial charge in [-0.1, -0.05) is 34.1 Å². The lowest BCUT2D eigenvalue weighted by molar-refractivity contribution is 0.423. The Morgan fingerprint density at radius 2 is 1.90 bits per heavy atom. The molecule has 0 atom stereocenters. The van der Waals surface area contributed by atoms with Crippen LogP contribution in [0.15, 0.2) is 34.9 Å². The van der Waals surface area contributed by atoms with Gasteiger partial charge in [-0.15, -0.1) is 0 Å². The van der Waals surface area contributed by atoms with Crippen molar-refractivity contribution >= 4 is 15.9 Å². The van der Waals surface area contributed by atoms with Crippen LogP contribution in [0.2, 0.25) is 0 Å². The van der Waals surface area contributed by atoms with E-state index in [-0.39, 0.29) is 5.54 Å². The molecule has 0 aliphatic carbocycles. The average Bonchev–Trinajstić information content (AvgIpc) is 2.69. The van der Waals surface area contributed by atoms with E-state index < -0.39 is 0 Å². The van der Waals surface area contributed by atoms with Crippen LogP contribution in [0.4, 0.5) is 0 Å². The molecular formula is C16H22BrN3. The third-order valence-electron chi connectivity index (χ3n) is 3.15. The number of aromatic nitrogens is 2. The van der Waals surface area contributed by atoms with E-state index in [1.54, 1.807) is 0 Å². The molecule has 0 aliphatic rings. The minimum Gasteiger partial charge on any atom is -0.308 e. The maximum atomic E-state index is 4.60. The van der Waals surface area contributed by atoms with Crippen LogP contribution in [0.3, 0.4) is 0 Å². The number of aryl methyl sites for hydroxylation is 1. The average molecular weight is 336 g/mol. The topological polar surface area (TPSA) is 29.9 Å². The lowest BCUT2D eigenvalue weighted by atomic mass is 10.1. The molecule has 0 saturated heterocycles. The number of nitrogens with zero attached hydrogens (tertiary/aromatic N) is 2. The molecule has 0 spiro atoms. The maximum Gasteiger partial charge on any atom is 0.0670 e. The van der Waals surface area contributed by atoms with E-state index in [9.17, 15) is 0 Å². The minimum atomic E-state index is 0.122. The predicted molar refractivity (Wildman–Crippen MR) is 86.8 cm³/mol. The van der Waals surface area contributed by atoms with Gasteiger partial charge in [0.25, 0.3) is 0 Å². The molecule has 1 aromatic carbocycles. The van der Waals surface area contributed by atoms with E-state index in [1.165, 1.54) is 11.1 Å². The molecule has 20 heavy (non-hydrogen) atoms. The highest BCUT2D eigenvalue weighted by molar-refractivity contribution is 9.10. The molecule has 0 saturated carbocycles. The van der Waals surface area contributed by atoms with Gasteiger partial charge >= 0.3 is 0 Å². The van der Waals surface area contributed by atoms with Gasteiger partial charge in [-0.3, -0.25) is 4.68 Å². The van der Waals surface area contributed by atoms with Crippen molar-refractivity contribution in [2.45, 2.75) is 46.3 Å². The SMILES string of the molecule is Cc1nn(Cc2ccccc2Br)cc1CNC(C)(C)C. The van der Waals surface area contributed by atoms with Gasteiger partial charge < -0.3 is 5.32 Å². The van der Waals surface area contributed by atoms with Crippen molar-refractivity contribution in [3.63, 3.8) is 0 Å². The van der Waals surface area contributed by atoms with Crippen LogP contribution in [0.25, 0.3) is 0 Å². The molecule has 0 bridgehead atoms. The number of benzene rings is 1. The third kappa shape index (κ3) is 4.18. The first-order valence-electron chi connectivity index (χ1n) is 6.86. The summed E-state index contributed by atoms with van der Waals surface area (Å²) in [6, 6.07) is 8.26. The lowest BCUT2D eigenvalue weighted by Crippen LogP contribution is -2.35. The molecule has 1 aromatic heterocycles. The number of hydrogen-bond donors (Lipinski definition) is 1. The standard InChI is InChI=1S/C16H22BrN3/c1-12-14(9-18-16(2,3)4)11-20(19-12)10-13-7-5-6-8-15(13)17/h5-8,11,18H,9-10H2,1-4H3. The normalized spacial score (nSPS) is 11.8. The molecule has 0 aliphatic heterocycles. The van der Waals surface area contributed by atoms with Crippen LogP contribution >= 0.6 is 15.9 Å². The predicted octanol–water partition coefficient (Wildman–Crippen LogP) is 3.89. The Morgan fingerprint density at radius 1 is 1.20 bits per heavy atom. The van der Waals surface area contributed by atoms with E-state index in [0.29, 0.717) is 0 Å². The number of hydrogen-bond acceptors (Lipinski definition) is 2. The van der Waals surface area contributed by atoms with Crippen LogP contribution in [0, 0.1) is 6.92 Å². The zero-order valence-electron chi connectivity index (χ0n) is 12.6. The van der Waals surface area contributed by atoms with Gasteiger partial charge in [0.15, 0.2) is 0 Å². The van der Waals surface area contributed by atoms with Gasteiger partial charge in [-0.05, 0) is 39.3 Å². The van der Waals surface area contributed by atoms with Crippen molar-refractivity contribution < 1.29 is 0 Å². The van der Waals surface area contributed by atoms with Gasteiger partial charge in [-0.25, -0.2) is 0 Å². The molecule has 2 aromatic rings. The fourth-order valence-electron chi connectivity index (χ4n) is 1.98. The van der Waals surface area contributed by atoms with Crippen molar-refractivity contribution in [1.29, 1.82) is 0 Å². The van der Waals surface area contributed by atoms with Gasteiger partial charge in [0.1, 0.15) is 0 Å². The molecule has 0 radical (unpaired) electrons. The molecule has 0 amide bonds. The molecule has 4 heteroatoms. The molecule has 3 nitrogen and oxygen atoms in total. The highest BCUT2D eigenvalue weighted by Crippen LogP contribution is 2.17. The van der Waals surface area contributed by atoms with E-state index in [0.717, 1.165) is 23.3 Å². The summed E-state index contributed by atoms with van der Waals surface area (Å²) in [6.07, 6.45) is 2.13. The Morgan fingerprint density at radius 3 is 2.55 bits per heavy atom. The van der Waals surface area contributed by atoms with Gasteiger partial charge in [0, 0.05) is 28.3 Å². The molecular weight excluding hydrogens is 314 g/mol. The van der Waals surface area contributed by atoms with Crippen molar-refractivity contribution in [2.24, 2.45) is 0 Å². The number of nitrogens with one attached hydrogen (secondary N) is 1. The van der Waals surface area contributed by atoms with Crippen molar-refractivity contribution in [3.8, 4) is 0 Å². The lowest BCUT2D eigenvalue weighted by Gasteiger charge is -2.20. The first-order chi connectivity index (χ1) is 9.35. The summed E-state index contributed by atoms with van der Waals surface area (Å²) in [7, 11) is 0. The number of rotatable bonds is 4. The summed E-state index contributed by atoms with van der Waals surface area (Å²) in [5.41, 5.74) is 3.71. The van der Waals surface area contributed by atoms with Crippen LogP contribution in [0.1, 0.15) is 37.6 Å².